The molecular weight excluding hydrogens is 338 g/mol. The number of hydrogen-bond donors (Lipinski definition) is 1. The summed E-state index contributed by atoms with van der Waals surface area (Å²) in [4.78, 5) is 10.8. The Morgan fingerprint density at radius 1 is 1.38 bits per heavy atom. The molecule has 0 bridgehead atoms. The molecule has 0 aliphatic heterocycles. The number of carbonyl (C=O) groups excluding carboxylic acids is 1. The van der Waals surface area contributed by atoms with Crippen molar-refractivity contribution in [3.63, 3.8) is 0 Å². The molecular formula is C13H10Cl2F3MgNO. The smallest absolute Gasteiger partial charge is 1.00 e. The zero-order valence-corrected chi connectivity index (χ0v) is 13.7. The normalized spacial score (nSPS) is 12.7. The molecule has 0 heterocycles. The van der Waals surface area contributed by atoms with Gasteiger partial charge in [-0.05, 0) is 37.0 Å². The molecule has 1 aromatic rings. The van der Waals surface area contributed by atoms with E-state index in [0.717, 1.165) is 12.1 Å². The van der Waals surface area contributed by atoms with Gasteiger partial charge in [0.2, 0.25) is 0 Å². The molecule has 0 atom stereocenters. The van der Waals surface area contributed by atoms with Crippen LogP contribution in [0.3, 0.4) is 0 Å². The molecule has 0 amide bonds. The predicted molar refractivity (Wildman–Crippen MR) is 71.9 cm³/mol. The van der Waals surface area contributed by atoms with Crippen molar-refractivity contribution < 1.29 is 30.4 Å². The third kappa shape index (κ3) is 7.81. The molecule has 2 N–H and O–H groups in total. The van der Waals surface area contributed by atoms with Crippen molar-refractivity contribution in [2.24, 2.45) is 5.92 Å². The maximum atomic E-state index is 12.0. The summed E-state index contributed by atoms with van der Waals surface area (Å²) in [5.74, 6) is 0.951. The Balaban J connectivity index is 0. The Morgan fingerprint density at radius 2 is 1.90 bits per heavy atom. The molecule has 0 saturated heterocycles. The molecule has 8 heteroatoms. The number of alkyl halides is 3. The molecule has 2 rings (SSSR count). The number of nitrogen functional groups attached to an aromatic ring is 1. The average Bonchev–Trinajstić information content (AvgIpc) is 3.14. The van der Waals surface area contributed by atoms with Crippen molar-refractivity contribution >= 4 is 46.1 Å². The van der Waals surface area contributed by atoms with Crippen LogP contribution in [-0.2, 0) is 0 Å². The second-order valence-corrected chi connectivity index (χ2v) is 4.41. The summed E-state index contributed by atoms with van der Waals surface area (Å²) in [6.45, 7) is 0. The van der Waals surface area contributed by atoms with E-state index in [1.54, 1.807) is 0 Å². The molecule has 2 nitrogen and oxygen atoms in total. The van der Waals surface area contributed by atoms with Gasteiger partial charge in [0.25, 0.3) is 5.78 Å². The first-order chi connectivity index (χ1) is 8.75. The van der Waals surface area contributed by atoms with Crippen LogP contribution in [0.4, 0.5) is 18.9 Å². The van der Waals surface area contributed by atoms with Crippen molar-refractivity contribution in [1.82, 2.24) is 0 Å². The molecule has 0 radical (unpaired) electrons. The van der Waals surface area contributed by atoms with Gasteiger partial charge in [0.05, 0.1) is 5.56 Å². The number of hydrogen-bond acceptors (Lipinski definition) is 2. The number of nitrogens with two attached hydrogens (primary N) is 1. The number of anilines is 1. The zero-order valence-electron chi connectivity index (χ0n) is 10.8. The van der Waals surface area contributed by atoms with Gasteiger partial charge in [-0.1, -0.05) is 11.6 Å². The Morgan fingerprint density at radius 3 is 2.24 bits per heavy atom. The fourth-order valence-electron chi connectivity index (χ4n) is 1.11. The molecule has 1 aliphatic rings. The number of Topliss-reactive ketones (excluding diaryl/α,β-unsaturated/α-hetero) is 1. The Kier molecular flexibility index (Phi) is 10.2. The largest absolute Gasteiger partial charge is 2.00 e. The van der Waals surface area contributed by atoms with E-state index in [-0.39, 0.29) is 46.2 Å². The van der Waals surface area contributed by atoms with Crippen LogP contribution in [0.25, 0.3) is 0 Å². The SMILES string of the molecule is Nc1ccc(Cl)cc1C(=O)C(F)(F)F.[C-]#CC1CC1.[Cl-].[Mg+2]. The topological polar surface area (TPSA) is 43.1 Å². The van der Waals surface area contributed by atoms with Crippen LogP contribution >= 0.6 is 11.6 Å². The summed E-state index contributed by atoms with van der Waals surface area (Å²) in [5, 5.41) is 0.0341. The van der Waals surface area contributed by atoms with Crippen LogP contribution in [0.1, 0.15) is 23.2 Å². The summed E-state index contributed by atoms with van der Waals surface area (Å²) >= 11 is 5.44. The standard InChI is InChI=1S/C8H5ClF3NO.C5H5.ClH.Mg/c9-4-1-2-6(13)5(3-4)7(14)8(10,11)12;1-2-5-3-4-5;;/h1-3H,13H2;5H,3-4H2;1H;/q;-1;;+2/p-1. The van der Waals surface area contributed by atoms with E-state index in [1.807, 2.05) is 0 Å². The maximum Gasteiger partial charge on any atom is 2.00 e. The minimum Gasteiger partial charge on any atom is -1.00 e. The molecule has 1 fully saturated rings. The molecule has 21 heavy (non-hydrogen) atoms. The summed E-state index contributed by atoms with van der Waals surface area (Å²) in [5.41, 5.74) is 4.35. The molecule has 1 aromatic carbocycles. The maximum absolute atomic E-state index is 12.0. The van der Waals surface area contributed by atoms with Crippen LogP contribution in [0.15, 0.2) is 18.2 Å². The van der Waals surface area contributed by atoms with Crippen LogP contribution in [0, 0.1) is 18.3 Å². The first-order valence-electron chi connectivity index (χ1n) is 5.34. The molecule has 0 spiro atoms. The number of carbonyl (C=O) groups is 1. The first-order valence-corrected chi connectivity index (χ1v) is 5.72. The van der Waals surface area contributed by atoms with Gasteiger partial charge in [0, 0.05) is 10.7 Å². The van der Waals surface area contributed by atoms with Gasteiger partial charge >= 0.3 is 29.2 Å². The summed E-state index contributed by atoms with van der Waals surface area (Å²) < 4.78 is 36.0. The molecule has 1 aliphatic carbocycles. The average molecular weight is 348 g/mol. The van der Waals surface area contributed by atoms with Gasteiger partial charge in [-0.2, -0.15) is 13.2 Å². The number of ketones is 1. The fraction of sp³-hybridized carbons (Fsp3) is 0.308. The predicted octanol–water partition coefficient (Wildman–Crippen LogP) is 0.277. The van der Waals surface area contributed by atoms with Crippen molar-refractivity contribution in [3.05, 3.63) is 35.2 Å². The Labute approximate surface area is 148 Å². The van der Waals surface area contributed by atoms with Gasteiger partial charge in [0.1, 0.15) is 0 Å². The molecule has 0 unspecified atom stereocenters. The number of benzene rings is 1. The second kappa shape index (κ2) is 9.41. The van der Waals surface area contributed by atoms with Crippen molar-refractivity contribution in [1.29, 1.82) is 0 Å². The molecule has 110 valence electrons. The third-order valence-corrected chi connectivity index (χ3v) is 2.53. The van der Waals surface area contributed by atoms with Crippen LogP contribution in [0.2, 0.25) is 5.02 Å². The first kappa shape index (κ1) is 22.7. The van der Waals surface area contributed by atoms with Crippen molar-refractivity contribution in [3.8, 4) is 5.92 Å². The Bertz CT molecular complexity index is 525. The van der Waals surface area contributed by atoms with E-state index in [9.17, 15) is 18.0 Å². The van der Waals surface area contributed by atoms with Crippen LogP contribution in [-0.4, -0.2) is 35.0 Å². The van der Waals surface area contributed by atoms with Crippen molar-refractivity contribution in [2.45, 2.75) is 19.0 Å². The zero-order chi connectivity index (χ0) is 14.6. The number of rotatable bonds is 1. The van der Waals surface area contributed by atoms with Gasteiger partial charge in [-0.15, -0.1) is 0 Å². The van der Waals surface area contributed by atoms with E-state index in [0.29, 0.717) is 5.92 Å². The molecule has 1 saturated carbocycles. The fourth-order valence-corrected chi connectivity index (χ4v) is 1.28. The minimum absolute atomic E-state index is 0. The van der Waals surface area contributed by atoms with Gasteiger partial charge in [-0.25, -0.2) is 0 Å². The van der Waals surface area contributed by atoms with E-state index in [4.69, 9.17) is 23.8 Å². The quantitative estimate of drug-likeness (QED) is 0.260. The summed E-state index contributed by atoms with van der Waals surface area (Å²) in [6, 6.07) is 3.36. The van der Waals surface area contributed by atoms with Gasteiger partial charge < -0.3 is 30.5 Å². The second-order valence-electron chi connectivity index (χ2n) is 3.98. The van der Waals surface area contributed by atoms with E-state index >= 15 is 0 Å². The van der Waals surface area contributed by atoms with Gasteiger partial charge in [-0.3, -0.25) is 4.79 Å². The summed E-state index contributed by atoms with van der Waals surface area (Å²) in [7, 11) is 0. The van der Waals surface area contributed by atoms with E-state index in [1.165, 1.54) is 18.9 Å². The van der Waals surface area contributed by atoms with E-state index < -0.39 is 17.5 Å². The summed E-state index contributed by atoms with van der Waals surface area (Å²) in [6.07, 6.45) is 3.96. The molecule has 0 aromatic heterocycles. The van der Waals surface area contributed by atoms with Crippen LogP contribution < -0.4 is 18.1 Å². The minimum atomic E-state index is -4.93. The van der Waals surface area contributed by atoms with Gasteiger partial charge in [0.15, 0.2) is 0 Å². The van der Waals surface area contributed by atoms with Crippen molar-refractivity contribution in [2.75, 3.05) is 5.73 Å². The van der Waals surface area contributed by atoms with E-state index in [2.05, 4.69) is 5.92 Å². The third-order valence-electron chi connectivity index (χ3n) is 2.30. The number of halogens is 5. The van der Waals surface area contributed by atoms with Crippen LogP contribution in [0.5, 0.6) is 0 Å². The monoisotopic (exact) mass is 347 g/mol. The Hall–Kier alpha value is -0.614.